The Morgan fingerprint density at radius 2 is 1.57 bits per heavy atom. The molecule has 1 fully saturated rings. The van der Waals surface area contributed by atoms with Crippen molar-refractivity contribution < 1.29 is 0 Å². The van der Waals surface area contributed by atoms with Crippen molar-refractivity contribution in [3.05, 3.63) is 58.6 Å². The summed E-state index contributed by atoms with van der Waals surface area (Å²) in [5.74, 6) is 0. The molecule has 0 atom stereocenters. The average molecular weight is 300 g/mol. The normalized spacial score (nSPS) is 16.7. The van der Waals surface area contributed by atoms with Crippen LogP contribution >= 0.6 is 11.6 Å². The Hall–Kier alpha value is -1.31. The van der Waals surface area contributed by atoms with Gasteiger partial charge in [-0.15, -0.1) is 0 Å². The van der Waals surface area contributed by atoms with Gasteiger partial charge in [-0.25, -0.2) is 0 Å². The van der Waals surface area contributed by atoms with Crippen molar-refractivity contribution in [3.8, 4) is 11.1 Å². The van der Waals surface area contributed by atoms with E-state index >= 15 is 0 Å². The van der Waals surface area contributed by atoms with Gasteiger partial charge in [-0.1, -0.05) is 61.2 Å². The maximum absolute atomic E-state index is 5.99. The van der Waals surface area contributed by atoms with Crippen molar-refractivity contribution in [1.29, 1.82) is 0 Å². The predicted molar refractivity (Wildman–Crippen MR) is 90.8 cm³/mol. The molecule has 0 aromatic heterocycles. The van der Waals surface area contributed by atoms with Crippen LogP contribution in [0.3, 0.4) is 0 Å². The van der Waals surface area contributed by atoms with Crippen LogP contribution in [0.5, 0.6) is 0 Å². The van der Waals surface area contributed by atoms with Gasteiger partial charge >= 0.3 is 0 Å². The maximum atomic E-state index is 5.99. The fourth-order valence-electron chi connectivity index (χ4n) is 3.23. The molecule has 2 aromatic carbocycles. The summed E-state index contributed by atoms with van der Waals surface area (Å²) in [5.41, 5.74) is 11.1. The summed E-state index contributed by atoms with van der Waals surface area (Å²) in [6.07, 6.45) is 7.71. The number of benzene rings is 2. The minimum atomic E-state index is 0.536. The molecule has 4 rings (SSSR count). The molecule has 0 heterocycles. The zero-order chi connectivity index (χ0) is 14.7. The molecule has 21 heavy (non-hydrogen) atoms. The topological polar surface area (TPSA) is 26.0 Å². The third kappa shape index (κ3) is 3.48. The van der Waals surface area contributed by atoms with Crippen LogP contribution in [0.25, 0.3) is 11.1 Å². The van der Waals surface area contributed by atoms with Gasteiger partial charge in [-0.2, -0.15) is 0 Å². The van der Waals surface area contributed by atoms with Gasteiger partial charge in [0, 0.05) is 11.1 Å². The maximum Gasteiger partial charge on any atom is 0.0412 e. The zero-order valence-electron chi connectivity index (χ0n) is 12.3. The lowest BCUT2D eigenvalue weighted by Gasteiger charge is -2.15. The molecule has 0 bridgehead atoms. The Morgan fingerprint density at radius 1 is 0.857 bits per heavy atom. The molecule has 0 spiro atoms. The Balaban J connectivity index is 0.000000160. The second kappa shape index (κ2) is 6.64. The molecule has 1 nitrogen and oxygen atoms in total. The molecule has 2 aliphatic rings. The number of nitrogens with two attached hydrogens (primary N) is 1. The van der Waals surface area contributed by atoms with Crippen molar-refractivity contribution in [2.75, 3.05) is 0 Å². The highest BCUT2D eigenvalue weighted by atomic mass is 35.5. The molecular formula is C19H22ClN. The van der Waals surface area contributed by atoms with E-state index in [4.69, 9.17) is 17.3 Å². The monoisotopic (exact) mass is 299 g/mol. The highest BCUT2D eigenvalue weighted by molar-refractivity contribution is 6.31. The van der Waals surface area contributed by atoms with E-state index in [1.807, 2.05) is 6.07 Å². The van der Waals surface area contributed by atoms with Gasteiger partial charge in [-0.05, 0) is 53.6 Å². The first-order chi connectivity index (χ1) is 10.2. The van der Waals surface area contributed by atoms with Crippen LogP contribution in [0.15, 0.2) is 42.5 Å². The summed E-state index contributed by atoms with van der Waals surface area (Å²) in [7, 11) is 0. The van der Waals surface area contributed by atoms with E-state index in [-0.39, 0.29) is 0 Å². The van der Waals surface area contributed by atoms with Crippen LogP contribution < -0.4 is 5.73 Å². The second-order valence-corrected chi connectivity index (χ2v) is 6.47. The minimum absolute atomic E-state index is 0.536. The first-order valence-corrected chi connectivity index (χ1v) is 8.24. The van der Waals surface area contributed by atoms with Crippen molar-refractivity contribution in [2.45, 2.75) is 44.6 Å². The van der Waals surface area contributed by atoms with Crippen molar-refractivity contribution in [3.63, 3.8) is 0 Å². The number of hydrogen-bond acceptors (Lipinski definition) is 1. The van der Waals surface area contributed by atoms with Gasteiger partial charge in [0.25, 0.3) is 0 Å². The Morgan fingerprint density at radius 3 is 2.29 bits per heavy atom. The lowest BCUT2D eigenvalue weighted by atomic mass is 9.97. The van der Waals surface area contributed by atoms with Crippen molar-refractivity contribution in [2.24, 2.45) is 5.73 Å². The summed E-state index contributed by atoms with van der Waals surface area (Å²) in [5, 5.41) is 0.820. The number of hydrogen-bond donors (Lipinski definition) is 1. The third-order valence-electron chi connectivity index (χ3n) is 4.41. The quantitative estimate of drug-likeness (QED) is 0.607. The Labute approximate surface area is 132 Å². The molecule has 0 unspecified atom stereocenters. The van der Waals surface area contributed by atoms with Gasteiger partial charge in [0.15, 0.2) is 0 Å². The summed E-state index contributed by atoms with van der Waals surface area (Å²) >= 11 is 5.99. The van der Waals surface area contributed by atoms with E-state index in [9.17, 15) is 0 Å². The predicted octanol–water partition coefficient (Wildman–Crippen LogP) is 5.19. The van der Waals surface area contributed by atoms with Crippen LogP contribution in [0.1, 0.15) is 43.2 Å². The molecule has 1 saturated carbocycles. The van der Waals surface area contributed by atoms with Crippen LogP contribution in [-0.2, 0) is 6.42 Å². The van der Waals surface area contributed by atoms with Crippen molar-refractivity contribution in [1.82, 2.24) is 0 Å². The molecule has 2 N–H and O–H groups in total. The Bertz CT molecular complexity index is 615. The fourth-order valence-corrected chi connectivity index (χ4v) is 3.40. The van der Waals surface area contributed by atoms with E-state index in [1.54, 1.807) is 0 Å². The van der Waals surface area contributed by atoms with E-state index in [0.29, 0.717) is 6.04 Å². The van der Waals surface area contributed by atoms with Gasteiger partial charge in [-0.3, -0.25) is 0 Å². The zero-order valence-corrected chi connectivity index (χ0v) is 13.1. The van der Waals surface area contributed by atoms with Crippen molar-refractivity contribution >= 4 is 11.6 Å². The average Bonchev–Trinajstić information content (AvgIpc) is 2.87. The summed E-state index contributed by atoms with van der Waals surface area (Å²) < 4.78 is 0. The first-order valence-electron chi connectivity index (χ1n) is 7.86. The molecule has 2 heteroatoms. The first kappa shape index (κ1) is 14.6. The number of halogens is 1. The third-order valence-corrected chi connectivity index (χ3v) is 4.65. The highest BCUT2D eigenvalue weighted by Crippen LogP contribution is 2.37. The van der Waals surface area contributed by atoms with E-state index in [0.717, 1.165) is 11.4 Å². The van der Waals surface area contributed by atoms with Gasteiger partial charge in [0.1, 0.15) is 0 Å². The van der Waals surface area contributed by atoms with E-state index < -0.39 is 0 Å². The molecule has 2 aromatic rings. The number of fused-ring (bicyclic) bond motifs is 3. The highest BCUT2D eigenvalue weighted by Gasteiger charge is 2.17. The van der Waals surface area contributed by atoms with Gasteiger partial charge in [0.05, 0.1) is 0 Å². The van der Waals surface area contributed by atoms with E-state index in [2.05, 4.69) is 36.4 Å². The molecule has 2 aliphatic carbocycles. The molecule has 0 radical (unpaired) electrons. The van der Waals surface area contributed by atoms with Crippen LogP contribution in [0.4, 0.5) is 0 Å². The van der Waals surface area contributed by atoms with Gasteiger partial charge < -0.3 is 5.73 Å². The van der Waals surface area contributed by atoms with E-state index in [1.165, 1.54) is 54.4 Å². The molecular weight excluding hydrogens is 278 g/mol. The molecule has 0 aliphatic heterocycles. The molecule has 0 amide bonds. The summed E-state index contributed by atoms with van der Waals surface area (Å²) in [6, 6.07) is 15.2. The lowest BCUT2D eigenvalue weighted by molar-refractivity contribution is 0.441. The SMILES string of the molecule is Clc1ccc2c(c1)-c1ccccc1C2.NC1CCCCC1. The van der Waals surface area contributed by atoms with Crippen LogP contribution in [-0.4, -0.2) is 6.04 Å². The smallest absolute Gasteiger partial charge is 0.0412 e. The molecule has 0 saturated heterocycles. The fraction of sp³-hybridized carbons (Fsp3) is 0.368. The summed E-state index contributed by atoms with van der Waals surface area (Å²) in [4.78, 5) is 0. The second-order valence-electron chi connectivity index (χ2n) is 6.03. The lowest BCUT2D eigenvalue weighted by Crippen LogP contribution is -2.22. The number of rotatable bonds is 0. The standard InChI is InChI=1S/C13H9Cl.C6H13N/c14-11-6-5-10-7-9-3-1-2-4-12(9)13(10)8-11;7-6-4-2-1-3-5-6/h1-6,8H,7H2;6H,1-5,7H2. The minimum Gasteiger partial charge on any atom is -0.328 e. The van der Waals surface area contributed by atoms with Crippen LogP contribution in [0, 0.1) is 0 Å². The molecule has 110 valence electrons. The summed E-state index contributed by atoms with van der Waals surface area (Å²) in [6.45, 7) is 0. The van der Waals surface area contributed by atoms with Crippen LogP contribution in [0.2, 0.25) is 5.02 Å². The largest absolute Gasteiger partial charge is 0.328 e. The Kier molecular flexibility index (Phi) is 4.62. The van der Waals surface area contributed by atoms with Gasteiger partial charge in [0.2, 0.25) is 0 Å².